The molecule has 1 aliphatic heterocycles. The summed E-state index contributed by atoms with van der Waals surface area (Å²) in [5.41, 5.74) is 3.15. The number of hydrogen-bond acceptors (Lipinski definition) is 5. The molecule has 28 heavy (non-hydrogen) atoms. The van der Waals surface area contributed by atoms with Crippen LogP contribution in [0.25, 0.3) is 0 Å². The first-order valence-corrected chi connectivity index (χ1v) is 9.55. The summed E-state index contributed by atoms with van der Waals surface area (Å²) < 4.78 is 10.8. The lowest BCUT2D eigenvalue weighted by molar-refractivity contribution is -0.120. The highest BCUT2D eigenvalue weighted by Gasteiger charge is 2.26. The Morgan fingerprint density at radius 1 is 1.14 bits per heavy atom. The van der Waals surface area contributed by atoms with E-state index in [4.69, 9.17) is 9.26 Å². The number of carbonyl (C=O) groups is 2. The van der Waals surface area contributed by atoms with E-state index in [0.29, 0.717) is 31.0 Å². The van der Waals surface area contributed by atoms with Gasteiger partial charge in [-0.05, 0) is 45.4 Å². The average molecular weight is 385 g/mol. The minimum atomic E-state index is -0.0918. The van der Waals surface area contributed by atoms with Gasteiger partial charge in [-0.25, -0.2) is 0 Å². The Kier molecular flexibility index (Phi) is 6.14. The van der Waals surface area contributed by atoms with Crippen molar-refractivity contribution in [1.29, 1.82) is 0 Å². The molecule has 1 aromatic carbocycles. The van der Waals surface area contributed by atoms with Gasteiger partial charge in [0.25, 0.3) is 5.91 Å². The molecule has 0 spiro atoms. The summed E-state index contributed by atoms with van der Waals surface area (Å²) in [5.74, 6) is 0.587. The number of aryl methyl sites for hydroxylation is 2. The van der Waals surface area contributed by atoms with Crippen molar-refractivity contribution in [3.05, 3.63) is 52.4 Å². The van der Waals surface area contributed by atoms with Crippen LogP contribution in [0.15, 0.2) is 28.8 Å². The summed E-state index contributed by atoms with van der Waals surface area (Å²) in [7, 11) is 0. The molecule has 2 amide bonds. The number of rotatable bonds is 5. The number of ether oxygens (including phenoxy) is 1. The van der Waals surface area contributed by atoms with Crippen molar-refractivity contribution in [2.24, 2.45) is 0 Å². The molecule has 7 heteroatoms. The maximum absolute atomic E-state index is 12.7. The van der Waals surface area contributed by atoms with Crippen molar-refractivity contribution in [2.45, 2.75) is 52.9 Å². The predicted octanol–water partition coefficient (Wildman–Crippen LogP) is 2.40. The molecule has 1 aromatic heterocycles. The third-order valence-corrected chi connectivity index (χ3v) is 4.92. The standard InChI is InChI=1S/C21H27N3O4/c1-13-11-24(12-14(2)27-13)21(26)18-7-5-17(6-8-18)10-22-20(25)9-19-15(3)23-28-16(19)4/h5-8,13-14H,9-12H2,1-4H3,(H,22,25). The van der Waals surface area contributed by atoms with Gasteiger partial charge in [-0.1, -0.05) is 17.3 Å². The Hall–Kier alpha value is -2.67. The molecule has 0 aliphatic carbocycles. The fraction of sp³-hybridized carbons (Fsp3) is 0.476. The molecule has 7 nitrogen and oxygen atoms in total. The predicted molar refractivity (Wildman–Crippen MR) is 104 cm³/mol. The Morgan fingerprint density at radius 3 is 2.36 bits per heavy atom. The number of carbonyl (C=O) groups excluding carboxylic acids is 2. The molecule has 2 unspecified atom stereocenters. The molecular formula is C21H27N3O4. The van der Waals surface area contributed by atoms with E-state index in [1.165, 1.54) is 0 Å². The average Bonchev–Trinajstić information content (AvgIpc) is 2.97. The zero-order chi connectivity index (χ0) is 20.3. The second kappa shape index (κ2) is 8.56. The van der Waals surface area contributed by atoms with Crippen LogP contribution < -0.4 is 5.32 Å². The molecule has 3 rings (SSSR count). The molecule has 0 saturated carbocycles. The summed E-state index contributed by atoms with van der Waals surface area (Å²) in [6, 6.07) is 7.36. The van der Waals surface area contributed by atoms with E-state index < -0.39 is 0 Å². The summed E-state index contributed by atoms with van der Waals surface area (Å²) in [5, 5.41) is 6.76. The van der Waals surface area contributed by atoms with Crippen molar-refractivity contribution < 1.29 is 18.8 Å². The van der Waals surface area contributed by atoms with Crippen LogP contribution in [0.3, 0.4) is 0 Å². The molecule has 2 heterocycles. The summed E-state index contributed by atoms with van der Waals surface area (Å²) in [4.78, 5) is 26.7. The lowest BCUT2D eigenvalue weighted by Crippen LogP contribution is -2.48. The largest absolute Gasteiger partial charge is 0.372 e. The SMILES string of the molecule is Cc1noc(C)c1CC(=O)NCc1ccc(C(=O)N2CC(C)OC(C)C2)cc1. The molecule has 2 atom stereocenters. The van der Waals surface area contributed by atoms with E-state index in [1.54, 1.807) is 6.92 Å². The molecule has 1 N–H and O–H groups in total. The van der Waals surface area contributed by atoms with E-state index in [0.717, 1.165) is 16.8 Å². The first-order valence-electron chi connectivity index (χ1n) is 9.55. The van der Waals surface area contributed by atoms with Crippen LogP contribution in [0.5, 0.6) is 0 Å². The number of amides is 2. The van der Waals surface area contributed by atoms with Crippen LogP contribution in [-0.2, 0) is 22.5 Å². The minimum absolute atomic E-state index is 0.0102. The number of nitrogens with zero attached hydrogens (tertiary/aromatic N) is 2. The molecule has 0 bridgehead atoms. The van der Waals surface area contributed by atoms with Gasteiger partial charge in [0.15, 0.2) is 0 Å². The zero-order valence-corrected chi connectivity index (χ0v) is 16.8. The Labute approximate surface area is 165 Å². The normalized spacial score (nSPS) is 19.5. The van der Waals surface area contributed by atoms with Gasteiger partial charge in [0.05, 0.1) is 24.3 Å². The van der Waals surface area contributed by atoms with Crippen molar-refractivity contribution in [3.8, 4) is 0 Å². The van der Waals surface area contributed by atoms with Gasteiger partial charge in [0.1, 0.15) is 5.76 Å². The van der Waals surface area contributed by atoms with Crippen LogP contribution in [0.4, 0.5) is 0 Å². The number of nitrogens with one attached hydrogen (secondary N) is 1. The molecule has 1 aliphatic rings. The number of benzene rings is 1. The van der Waals surface area contributed by atoms with E-state index in [2.05, 4.69) is 10.5 Å². The third-order valence-electron chi connectivity index (χ3n) is 4.92. The van der Waals surface area contributed by atoms with Gasteiger partial charge in [-0.15, -0.1) is 0 Å². The highest BCUT2D eigenvalue weighted by molar-refractivity contribution is 5.94. The fourth-order valence-electron chi connectivity index (χ4n) is 3.47. The van der Waals surface area contributed by atoms with E-state index >= 15 is 0 Å². The Balaban J connectivity index is 1.54. The van der Waals surface area contributed by atoms with Crippen molar-refractivity contribution in [3.63, 3.8) is 0 Å². The Bertz CT molecular complexity index is 814. The Morgan fingerprint density at radius 2 is 1.79 bits per heavy atom. The highest BCUT2D eigenvalue weighted by atomic mass is 16.5. The third kappa shape index (κ3) is 4.78. The number of aromatic nitrogens is 1. The lowest BCUT2D eigenvalue weighted by Gasteiger charge is -2.35. The van der Waals surface area contributed by atoms with Gasteiger partial charge in [0.2, 0.25) is 5.91 Å². The van der Waals surface area contributed by atoms with Gasteiger partial charge < -0.3 is 19.5 Å². The first-order chi connectivity index (χ1) is 13.3. The molecule has 1 saturated heterocycles. The van der Waals surface area contributed by atoms with Crippen LogP contribution in [0.2, 0.25) is 0 Å². The fourth-order valence-corrected chi connectivity index (χ4v) is 3.47. The van der Waals surface area contributed by atoms with Crippen LogP contribution >= 0.6 is 0 Å². The van der Waals surface area contributed by atoms with E-state index in [9.17, 15) is 9.59 Å². The maximum atomic E-state index is 12.7. The van der Waals surface area contributed by atoms with Gasteiger partial charge in [-0.3, -0.25) is 9.59 Å². The minimum Gasteiger partial charge on any atom is -0.372 e. The summed E-state index contributed by atoms with van der Waals surface area (Å²) >= 11 is 0. The summed E-state index contributed by atoms with van der Waals surface area (Å²) in [6.45, 7) is 9.18. The van der Waals surface area contributed by atoms with Crippen molar-refractivity contribution >= 4 is 11.8 Å². The van der Waals surface area contributed by atoms with Crippen LogP contribution in [0, 0.1) is 13.8 Å². The smallest absolute Gasteiger partial charge is 0.254 e. The molecule has 150 valence electrons. The van der Waals surface area contributed by atoms with Gasteiger partial charge in [0, 0.05) is 30.8 Å². The second-order valence-corrected chi connectivity index (χ2v) is 7.42. The van der Waals surface area contributed by atoms with Crippen LogP contribution in [0.1, 0.15) is 46.8 Å². The highest BCUT2D eigenvalue weighted by Crippen LogP contribution is 2.15. The molecule has 1 fully saturated rings. The topological polar surface area (TPSA) is 84.7 Å². The molecule has 2 aromatic rings. The lowest BCUT2D eigenvalue weighted by atomic mass is 10.1. The van der Waals surface area contributed by atoms with E-state index in [1.807, 2.05) is 49.9 Å². The van der Waals surface area contributed by atoms with Crippen molar-refractivity contribution in [2.75, 3.05) is 13.1 Å². The summed E-state index contributed by atoms with van der Waals surface area (Å²) in [6.07, 6.45) is 0.324. The molecule has 0 radical (unpaired) electrons. The van der Waals surface area contributed by atoms with Gasteiger partial charge >= 0.3 is 0 Å². The van der Waals surface area contributed by atoms with Gasteiger partial charge in [-0.2, -0.15) is 0 Å². The first kappa shape index (κ1) is 20.1. The number of hydrogen-bond donors (Lipinski definition) is 1. The number of morpholine rings is 1. The van der Waals surface area contributed by atoms with Crippen molar-refractivity contribution in [1.82, 2.24) is 15.4 Å². The quantitative estimate of drug-likeness (QED) is 0.854. The monoisotopic (exact) mass is 385 g/mol. The van der Waals surface area contributed by atoms with E-state index in [-0.39, 0.29) is 30.4 Å². The zero-order valence-electron chi connectivity index (χ0n) is 16.8. The second-order valence-electron chi connectivity index (χ2n) is 7.42. The van der Waals surface area contributed by atoms with Crippen LogP contribution in [-0.4, -0.2) is 47.2 Å². The maximum Gasteiger partial charge on any atom is 0.254 e. The molecular weight excluding hydrogens is 358 g/mol.